The zero-order chi connectivity index (χ0) is 17.9. The lowest BCUT2D eigenvalue weighted by molar-refractivity contribution is -0.136. The maximum atomic E-state index is 11.9. The van der Waals surface area contributed by atoms with Crippen molar-refractivity contribution in [2.75, 3.05) is 12.1 Å². The lowest BCUT2D eigenvalue weighted by Gasteiger charge is -2.00. The summed E-state index contributed by atoms with van der Waals surface area (Å²) in [6, 6.07) is 12.7. The van der Waals surface area contributed by atoms with E-state index in [-0.39, 0.29) is 6.79 Å². The molecular weight excluding hydrogens is 356 g/mol. The van der Waals surface area contributed by atoms with Crippen molar-refractivity contribution in [3.63, 3.8) is 0 Å². The Hall–Kier alpha value is -3.46. The SMILES string of the molecule is O=C(N/N=C/c1ccc2c(c1)OCO2)C(=O)Nc1nc2ccccc2s1. The normalized spacial score (nSPS) is 12.5. The van der Waals surface area contributed by atoms with Crippen LogP contribution < -0.4 is 20.2 Å². The van der Waals surface area contributed by atoms with Crippen LogP contribution in [0.3, 0.4) is 0 Å². The molecule has 0 saturated heterocycles. The van der Waals surface area contributed by atoms with Crippen LogP contribution in [-0.2, 0) is 9.59 Å². The molecule has 0 saturated carbocycles. The number of benzene rings is 2. The predicted octanol–water partition coefficient (Wildman–Crippen LogP) is 2.11. The Balaban J connectivity index is 1.36. The van der Waals surface area contributed by atoms with Crippen molar-refractivity contribution >= 4 is 44.7 Å². The number of hydrogen-bond donors (Lipinski definition) is 2. The van der Waals surface area contributed by atoms with Crippen molar-refractivity contribution < 1.29 is 19.1 Å². The molecule has 130 valence electrons. The van der Waals surface area contributed by atoms with E-state index in [1.165, 1.54) is 17.6 Å². The number of ether oxygens (including phenoxy) is 2. The van der Waals surface area contributed by atoms with E-state index in [0.29, 0.717) is 22.2 Å². The second-order valence-corrected chi connectivity index (χ2v) is 6.28. The summed E-state index contributed by atoms with van der Waals surface area (Å²) in [5, 5.41) is 6.59. The van der Waals surface area contributed by atoms with E-state index in [1.807, 2.05) is 24.3 Å². The summed E-state index contributed by atoms with van der Waals surface area (Å²) >= 11 is 1.29. The van der Waals surface area contributed by atoms with Crippen LogP contribution in [0.4, 0.5) is 5.13 Å². The molecule has 0 aliphatic carbocycles. The van der Waals surface area contributed by atoms with Crippen LogP contribution in [0.15, 0.2) is 47.6 Å². The number of anilines is 1. The van der Waals surface area contributed by atoms with Crippen molar-refractivity contribution in [2.45, 2.75) is 0 Å². The van der Waals surface area contributed by atoms with E-state index >= 15 is 0 Å². The van der Waals surface area contributed by atoms with Gasteiger partial charge in [-0.2, -0.15) is 5.10 Å². The Morgan fingerprint density at radius 2 is 1.96 bits per heavy atom. The molecule has 2 aromatic carbocycles. The molecule has 0 bridgehead atoms. The number of carbonyl (C=O) groups excluding carboxylic acids is 2. The van der Waals surface area contributed by atoms with Crippen molar-refractivity contribution in [3.05, 3.63) is 48.0 Å². The average Bonchev–Trinajstić information content (AvgIpc) is 3.26. The summed E-state index contributed by atoms with van der Waals surface area (Å²) in [6.45, 7) is 0.179. The second kappa shape index (κ2) is 6.81. The van der Waals surface area contributed by atoms with E-state index in [9.17, 15) is 9.59 Å². The van der Waals surface area contributed by atoms with Gasteiger partial charge in [0.15, 0.2) is 16.6 Å². The van der Waals surface area contributed by atoms with Crippen molar-refractivity contribution in [1.82, 2.24) is 10.4 Å². The summed E-state index contributed by atoms with van der Waals surface area (Å²) in [5.41, 5.74) is 3.63. The van der Waals surface area contributed by atoms with Gasteiger partial charge in [0.05, 0.1) is 16.4 Å². The molecular formula is C17H12N4O4S. The molecule has 2 N–H and O–H groups in total. The number of carbonyl (C=O) groups is 2. The van der Waals surface area contributed by atoms with Crippen LogP contribution in [0.2, 0.25) is 0 Å². The third-order valence-corrected chi connectivity index (χ3v) is 4.45. The molecule has 0 spiro atoms. The number of hydrogen-bond acceptors (Lipinski definition) is 7. The zero-order valence-electron chi connectivity index (χ0n) is 13.3. The lowest BCUT2D eigenvalue weighted by Crippen LogP contribution is -2.32. The molecule has 9 heteroatoms. The Kier molecular flexibility index (Phi) is 4.20. The number of aromatic nitrogens is 1. The first kappa shape index (κ1) is 16.0. The molecule has 0 atom stereocenters. The molecule has 2 heterocycles. The van der Waals surface area contributed by atoms with E-state index in [0.717, 1.165) is 10.2 Å². The number of para-hydroxylation sites is 1. The number of nitrogens with one attached hydrogen (secondary N) is 2. The highest BCUT2D eigenvalue weighted by molar-refractivity contribution is 7.22. The van der Waals surface area contributed by atoms with E-state index in [2.05, 4.69) is 20.8 Å². The first-order chi connectivity index (χ1) is 12.7. The predicted molar refractivity (Wildman–Crippen MR) is 96.6 cm³/mol. The van der Waals surface area contributed by atoms with E-state index < -0.39 is 11.8 Å². The topological polar surface area (TPSA) is 102 Å². The van der Waals surface area contributed by atoms with Crippen LogP contribution in [0, 0.1) is 0 Å². The molecule has 8 nitrogen and oxygen atoms in total. The smallest absolute Gasteiger partial charge is 0.329 e. The monoisotopic (exact) mass is 368 g/mol. The maximum Gasteiger partial charge on any atom is 0.329 e. The van der Waals surface area contributed by atoms with Crippen LogP contribution in [0.1, 0.15) is 5.56 Å². The summed E-state index contributed by atoms with van der Waals surface area (Å²) in [7, 11) is 0. The minimum atomic E-state index is -0.888. The number of thiazole rings is 1. The minimum absolute atomic E-state index is 0.179. The molecule has 1 aromatic heterocycles. The van der Waals surface area contributed by atoms with Crippen LogP contribution in [0.5, 0.6) is 11.5 Å². The fraction of sp³-hybridized carbons (Fsp3) is 0.0588. The zero-order valence-corrected chi connectivity index (χ0v) is 14.1. The minimum Gasteiger partial charge on any atom is -0.454 e. The molecule has 3 aromatic rings. The summed E-state index contributed by atoms with van der Waals surface area (Å²) in [5.74, 6) is -0.469. The Morgan fingerprint density at radius 3 is 2.85 bits per heavy atom. The van der Waals surface area contributed by atoms with Crippen molar-refractivity contribution in [1.29, 1.82) is 0 Å². The summed E-state index contributed by atoms with van der Waals surface area (Å²) in [4.78, 5) is 28.0. The second-order valence-electron chi connectivity index (χ2n) is 5.25. The number of fused-ring (bicyclic) bond motifs is 2. The van der Waals surface area contributed by atoms with Crippen LogP contribution in [0.25, 0.3) is 10.2 Å². The third-order valence-electron chi connectivity index (χ3n) is 3.50. The molecule has 0 unspecified atom stereocenters. The van der Waals surface area contributed by atoms with Gasteiger partial charge in [-0.3, -0.25) is 14.9 Å². The van der Waals surface area contributed by atoms with Gasteiger partial charge >= 0.3 is 11.8 Å². The summed E-state index contributed by atoms with van der Waals surface area (Å²) < 4.78 is 11.4. The van der Waals surface area contributed by atoms with Gasteiger partial charge in [0.1, 0.15) is 0 Å². The molecule has 26 heavy (non-hydrogen) atoms. The van der Waals surface area contributed by atoms with Crippen LogP contribution in [-0.4, -0.2) is 29.8 Å². The molecule has 1 aliphatic rings. The number of nitrogens with zero attached hydrogens (tertiary/aromatic N) is 2. The first-order valence-electron chi connectivity index (χ1n) is 7.59. The summed E-state index contributed by atoms with van der Waals surface area (Å²) in [6.07, 6.45) is 1.41. The van der Waals surface area contributed by atoms with Gasteiger partial charge in [-0.25, -0.2) is 10.4 Å². The highest BCUT2D eigenvalue weighted by atomic mass is 32.1. The fourth-order valence-corrected chi connectivity index (χ4v) is 3.15. The highest BCUT2D eigenvalue weighted by Crippen LogP contribution is 2.32. The first-order valence-corrected chi connectivity index (χ1v) is 8.40. The maximum absolute atomic E-state index is 11.9. The Labute approximate surface area is 151 Å². The average molecular weight is 368 g/mol. The van der Waals surface area contributed by atoms with Gasteiger partial charge < -0.3 is 9.47 Å². The molecule has 2 amide bonds. The van der Waals surface area contributed by atoms with E-state index in [1.54, 1.807) is 18.2 Å². The standard InChI is InChI=1S/C17H12N4O4S/c22-15(20-17-19-11-3-1-2-4-14(11)26-17)16(23)21-18-8-10-5-6-12-13(7-10)25-9-24-12/h1-8H,9H2,(H,21,23)(H,19,20,22)/b18-8+. The van der Waals surface area contributed by atoms with Crippen molar-refractivity contribution in [3.8, 4) is 11.5 Å². The molecule has 4 rings (SSSR count). The van der Waals surface area contributed by atoms with Gasteiger partial charge in [-0.1, -0.05) is 23.5 Å². The Bertz CT molecular complexity index is 998. The van der Waals surface area contributed by atoms with Crippen molar-refractivity contribution in [2.24, 2.45) is 5.10 Å². The van der Waals surface area contributed by atoms with Gasteiger partial charge in [-0.15, -0.1) is 0 Å². The van der Waals surface area contributed by atoms with Gasteiger partial charge in [0.25, 0.3) is 0 Å². The molecule has 1 aliphatic heterocycles. The highest BCUT2D eigenvalue weighted by Gasteiger charge is 2.15. The van der Waals surface area contributed by atoms with Gasteiger partial charge in [0, 0.05) is 0 Å². The third kappa shape index (κ3) is 3.33. The van der Waals surface area contributed by atoms with Gasteiger partial charge in [-0.05, 0) is 35.9 Å². The molecule has 0 fully saturated rings. The van der Waals surface area contributed by atoms with E-state index in [4.69, 9.17) is 9.47 Å². The number of rotatable bonds is 3. The van der Waals surface area contributed by atoms with Gasteiger partial charge in [0.2, 0.25) is 6.79 Å². The number of amides is 2. The lowest BCUT2D eigenvalue weighted by atomic mass is 10.2. The molecule has 0 radical (unpaired) electrons. The quantitative estimate of drug-likeness (QED) is 0.419. The fourth-order valence-electron chi connectivity index (χ4n) is 2.29. The largest absolute Gasteiger partial charge is 0.454 e. The number of hydrazone groups is 1. The van der Waals surface area contributed by atoms with Crippen LogP contribution >= 0.6 is 11.3 Å². The Morgan fingerprint density at radius 1 is 1.12 bits per heavy atom.